The van der Waals surface area contributed by atoms with E-state index in [0.717, 1.165) is 22.3 Å². The Balaban J connectivity index is 2.16. The Morgan fingerprint density at radius 1 is 0.714 bits per heavy atom. The van der Waals surface area contributed by atoms with E-state index in [0.29, 0.717) is 0 Å². The Morgan fingerprint density at radius 3 is 1.57 bits per heavy atom. The lowest BCUT2D eigenvalue weighted by Crippen LogP contribution is -2.34. The first kappa shape index (κ1) is 14.2. The van der Waals surface area contributed by atoms with Crippen molar-refractivity contribution in [2.75, 3.05) is 26.4 Å². The molecule has 110 valence electrons. The van der Waals surface area contributed by atoms with Gasteiger partial charge in [0.1, 0.15) is 0 Å². The topological polar surface area (TPSA) is 58.9 Å². The van der Waals surface area contributed by atoms with Gasteiger partial charge in [-0.1, -0.05) is 48.5 Å². The molecule has 3 rings (SSSR count). The number of hydrogen-bond acceptors (Lipinski definition) is 4. The molecular weight excluding hydrogens is 268 g/mol. The fraction of sp³-hybridized carbons (Fsp3) is 0.294. The first-order valence-corrected chi connectivity index (χ1v) is 7.02. The Labute approximate surface area is 123 Å². The van der Waals surface area contributed by atoms with Crippen molar-refractivity contribution in [3.05, 3.63) is 59.7 Å². The van der Waals surface area contributed by atoms with Crippen LogP contribution >= 0.6 is 0 Å². The molecule has 0 aromatic heterocycles. The van der Waals surface area contributed by atoms with Gasteiger partial charge < -0.3 is 19.7 Å². The second kappa shape index (κ2) is 5.95. The lowest BCUT2D eigenvalue weighted by Gasteiger charge is -2.31. The third-order valence-corrected chi connectivity index (χ3v) is 3.65. The standard InChI is InChI=1S/C17H18O4/c18-9-11-20-17(21-12-10-19)15-7-3-1-5-13(15)14-6-2-4-8-16(14)17/h1-8,18-19H,9-12H2. The third-order valence-electron chi connectivity index (χ3n) is 3.65. The molecule has 0 saturated carbocycles. The molecule has 0 fully saturated rings. The molecule has 0 unspecified atom stereocenters. The number of hydrogen-bond donors (Lipinski definition) is 2. The molecule has 0 radical (unpaired) electrons. The summed E-state index contributed by atoms with van der Waals surface area (Å²) in [7, 11) is 0. The Morgan fingerprint density at radius 2 is 1.14 bits per heavy atom. The fourth-order valence-electron chi connectivity index (χ4n) is 2.89. The number of ether oxygens (including phenoxy) is 2. The van der Waals surface area contributed by atoms with Crippen molar-refractivity contribution >= 4 is 0 Å². The molecular formula is C17H18O4. The SMILES string of the molecule is OCCOC1(OCCO)c2ccccc2-c2ccccc21. The van der Waals surface area contributed by atoms with Crippen LogP contribution in [0.15, 0.2) is 48.5 Å². The molecule has 1 aliphatic carbocycles. The predicted molar refractivity (Wildman–Crippen MR) is 78.7 cm³/mol. The molecule has 0 spiro atoms. The highest BCUT2D eigenvalue weighted by atomic mass is 16.7. The molecule has 0 saturated heterocycles. The highest BCUT2D eigenvalue weighted by Crippen LogP contribution is 2.50. The first-order valence-electron chi connectivity index (χ1n) is 7.02. The lowest BCUT2D eigenvalue weighted by molar-refractivity contribution is -0.222. The van der Waals surface area contributed by atoms with E-state index in [-0.39, 0.29) is 26.4 Å². The number of aliphatic hydroxyl groups is 2. The second-order valence-corrected chi connectivity index (χ2v) is 4.85. The maximum absolute atomic E-state index is 9.13. The van der Waals surface area contributed by atoms with Crippen molar-refractivity contribution in [3.8, 4) is 11.1 Å². The maximum Gasteiger partial charge on any atom is 0.223 e. The van der Waals surface area contributed by atoms with Crippen molar-refractivity contribution < 1.29 is 19.7 Å². The van der Waals surface area contributed by atoms with Crippen LogP contribution in [-0.4, -0.2) is 36.6 Å². The summed E-state index contributed by atoms with van der Waals surface area (Å²) in [5.41, 5.74) is 3.94. The summed E-state index contributed by atoms with van der Waals surface area (Å²) < 4.78 is 11.8. The van der Waals surface area contributed by atoms with E-state index in [1.54, 1.807) is 0 Å². The van der Waals surface area contributed by atoms with Gasteiger partial charge in [-0.3, -0.25) is 0 Å². The zero-order valence-corrected chi connectivity index (χ0v) is 11.7. The van der Waals surface area contributed by atoms with Crippen LogP contribution in [0.5, 0.6) is 0 Å². The van der Waals surface area contributed by atoms with E-state index in [2.05, 4.69) is 0 Å². The number of fused-ring (bicyclic) bond motifs is 3. The van der Waals surface area contributed by atoms with E-state index in [9.17, 15) is 0 Å². The van der Waals surface area contributed by atoms with Crippen LogP contribution < -0.4 is 0 Å². The molecule has 4 heteroatoms. The Kier molecular flexibility index (Phi) is 4.03. The smallest absolute Gasteiger partial charge is 0.223 e. The average Bonchev–Trinajstić information content (AvgIpc) is 2.82. The number of rotatable bonds is 6. The van der Waals surface area contributed by atoms with E-state index in [4.69, 9.17) is 19.7 Å². The summed E-state index contributed by atoms with van der Waals surface area (Å²) in [5, 5.41) is 18.3. The molecule has 2 aromatic rings. The van der Waals surface area contributed by atoms with Crippen molar-refractivity contribution in [2.45, 2.75) is 5.79 Å². The van der Waals surface area contributed by atoms with Gasteiger partial charge in [0.25, 0.3) is 0 Å². The summed E-state index contributed by atoms with van der Waals surface area (Å²) in [6.45, 7) is 0.144. The van der Waals surface area contributed by atoms with Gasteiger partial charge in [-0.15, -0.1) is 0 Å². The minimum absolute atomic E-state index is 0.0887. The summed E-state index contributed by atoms with van der Waals surface area (Å²) in [4.78, 5) is 0. The minimum atomic E-state index is -1.06. The monoisotopic (exact) mass is 286 g/mol. The molecule has 21 heavy (non-hydrogen) atoms. The maximum atomic E-state index is 9.13. The minimum Gasteiger partial charge on any atom is -0.394 e. The van der Waals surface area contributed by atoms with Crippen LogP contribution in [-0.2, 0) is 15.3 Å². The van der Waals surface area contributed by atoms with Crippen molar-refractivity contribution in [3.63, 3.8) is 0 Å². The third kappa shape index (κ3) is 2.26. The van der Waals surface area contributed by atoms with Crippen LogP contribution in [0, 0.1) is 0 Å². The van der Waals surface area contributed by atoms with Gasteiger partial charge in [0.2, 0.25) is 5.79 Å². The van der Waals surface area contributed by atoms with E-state index in [1.807, 2.05) is 48.5 Å². The van der Waals surface area contributed by atoms with Gasteiger partial charge in [-0.2, -0.15) is 0 Å². The van der Waals surface area contributed by atoms with Crippen LogP contribution in [0.2, 0.25) is 0 Å². The molecule has 2 N–H and O–H groups in total. The quantitative estimate of drug-likeness (QED) is 0.796. The normalized spacial score (nSPS) is 14.8. The van der Waals surface area contributed by atoms with Gasteiger partial charge in [0.15, 0.2) is 0 Å². The fourth-order valence-corrected chi connectivity index (χ4v) is 2.89. The van der Waals surface area contributed by atoms with Gasteiger partial charge in [0, 0.05) is 11.1 Å². The van der Waals surface area contributed by atoms with Crippen molar-refractivity contribution in [1.29, 1.82) is 0 Å². The van der Waals surface area contributed by atoms with Crippen LogP contribution in [0.3, 0.4) is 0 Å². The van der Waals surface area contributed by atoms with E-state index in [1.165, 1.54) is 0 Å². The summed E-state index contributed by atoms with van der Waals surface area (Å²) in [5.74, 6) is -1.06. The molecule has 0 bridgehead atoms. The molecule has 1 aliphatic rings. The first-order chi connectivity index (χ1) is 10.3. The molecule has 0 amide bonds. The summed E-state index contributed by atoms with van der Waals surface area (Å²) in [6.07, 6.45) is 0. The van der Waals surface area contributed by atoms with Crippen LogP contribution in [0.25, 0.3) is 11.1 Å². The average molecular weight is 286 g/mol. The van der Waals surface area contributed by atoms with Gasteiger partial charge >= 0.3 is 0 Å². The van der Waals surface area contributed by atoms with Gasteiger partial charge in [-0.05, 0) is 11.1 Å². The van der Waals surface area contributed by atoms with Crippen molar-refractivity contribution in [2.24, 2.45) is 0 Å². The highest BCUT2D eigenvalue weighted by molar-refractivity contribution is 5.79. The highest BCUT2D eigenvalue weighted by Gasteiger charge is 2.45. The molecule has 2 aromatic carbocycles. The van der Waals surface area contributed by atoms with Crippen LogP contribution in [0.1, 0.15) is 11.1 Å². The second-order valence-electron chi connectivity index (χ2n) is 4.85. The zero-order chi connectivity index (χ0) is 14.7. The number of benzene rings is 2. The van der Waals surface area contributed by atoms with Crippen LogP contribution in [0.4, 0.5) is 0 Å². The Hall–Kier alpha value is -1.72. The summed E-state index contributed by atoms with van der Waals surface area (Å²) in [6, 6.07) is 15.8. The van der Waals surface area contributed by atoms with E-state index < -0.39 is 5.79 Å². The van der Waals surface area contributed by atoms with E-state index >= 15 is 0 Å². The Bertz CT molecular complexity index is 568. The number of aliphatic hydroxyl groups excluding tert-OH is 2. The largest absolute Gasteiger partial charge is 0.394 e. The zero-order valence-electron chi connectivity index (χ0n) is 11.7. The summed E-state index contributed by atoms with van der Waals surface area (Å²) >= 11 is 0. The van der Waals surface area contributed by atoms with Crippen molar-refractivity contribution in [1.82, 2.24) is 0 Å². The molecule has 0 heterocycles. The predicted octanol–water partition coefficient (Wildman–Crippen LogP) is 1.89. The molecule has 4 nitrogen and oxygen atoms in total. The van der Waals surface area contributed by atoms with Gasteiger partial charge in [0.05, 0.1) is 26.4 Å². The molecule has 0 atom stereocenters. The lowest BCUT2D eigenvalue weighted by atomic mass is 10.0. The van der Waals surface area contributed by atoms with Gasteiger partial charge in [-0.25, -0.2) is 0 Å². The molecule has 0 aliphatic heterocycles.